The van der Waals surface area contributed by atoms with Crippen LogP contribution < -0.4 is 5.32 Å². The summed E-state index contributed by atoms with van der Waals surface area (Å²) in [5.41, 5.74) is 5.44. The first kappa shape index (κ1) is 15.3. The van der Waals surface area contributed by atoms with E-state index in [1.165, 1.54) is 16.7 Å². The summed E-state index contributed by atoms with van der Waals surface area (Å²) in [7, 11) is 3.63. The number of aromatic nitrogens is 1. The summed E-state index contributed by atoms with van der Waals surface area (Å²) in [6.07, 6.45) is 0. The zero-order valence-electron chi connectivity index (χ0n) is 12.8. The number of rotatable bonds is 6. The predicted octanol–water partition coefficient (Wildman–Crippen LogP) is 2.64. The van der Waals surface area contributed by atoms with Gasteiger partial charge in [0, 0.05) is 32.9 Å². The van der Waals surface area contributed by atoms with Crippen LogP contribution in [-0.4, -0.2) is 11.7 Å². The Hall–Kier alpha value is -2.09. The zero-order chi connectivity index (χ0) is 15.2. The molecule has 0 radical (unpaired) electrons. The van der Waals surface area contributed by atoms with Gasteiger partial charge in [0.2, 0.25) is 0 Å². The molecule has 2 aromatic rings. The van der Waals surface area contributed by atoms with Gasteiger partial charge in [-0.3, -0.25) is 0 Å². The van der Waals surface area contributed by atoms with Crippen LogP contribution in [0.4, 0.5) is 0 Å². The lowest BCUT2D eigenvalue weighted by molar-refractivity contribution is 0.184. The fraction of sp³-hybridized carbons (Fsp3) is 0.353. The van der Waals surface area contributed by atoms with Crippen LogP contribution in [0, 0.1) is 18.3 Å². The summed E-state index contributed by atoms with van der Waals surface area (Å²) in [5.74, 6) is 0. The van der Waals surface area contributed by atoms with Crippen molar-refractivity contribution in [3.63, 3.8) is 0 Å². The van der Waals surface area contributed by atoms with Gasteiger partial charge in [0.05, 0.1) is 6.61 Å². The Kier molecular flexibility index (Phi) is 5.15. The quantitative estimate of drug-likeness (QED) is 0.886. The molecule has 0 aliphatic carbocycles. The van der Waals surface area contributed by atoms with E-state index in [0.717, 1.165) is 18.8 Å². The molecule has 1 aromatic carbocycles. The van der Waals surface area contributed by atoms with Crippen LogP contribution in [-0.2, 0) is 31.5 Å². The maximum atomic E-state index is 9.05. The maximum absolute atomic E-state index is 9.05. The third-order valence-electron chi connectivity index (χ3n) is 3.80. The second-order valence-corrected chi connectivity index (χ2v) is 5.12. The fourth-order valence-electron chi connectivity index (χ4n) is 2.41. The maximum Gasteiger partial charge on any atom is 0.120 e. The summed E-state index contributed by atoms with van der Waals surface area (Å²) in [6.45, 7) is 4.20. The van der Waals surface area contributed by atoms with E-state index >= 15 is 0 Å². The van der Waals surface area contributed by atoms with E-state index in [1.54, 1.807) is 7.11 Å². The Bertz CT molecular complexity index is 653. The van der Waals surface area contributed by atoms with Crippen molar-refractivity contribution < 1.29 is 4.74 Å². The lowest BCUT2D eigenvalue weighted by Crippen LogP contribution is -2.14. The second-order valence-electron chi connectivity index (χ2n) is 5.12. The minimum Gasteiger partial charge on any atom is -0.380 e. The molecule has 0 aliphatic heterocycles. The van der Waals surface area contributed by atoms with Crippen LogP contribution in [0.2, 0.25) is 0 Å². The third kappa shape index (κ3) is 3.52. The minimum atomic E-state index is 0.626. The Morgan fingerprint density at radius 3 is 2.48 bits per heavy atom. The van der Waals surface area contributed by atoms with Crippen LogP contribution in [0.25, 0.3) is 0 Å². The third-order valence-corrected chi connectivity index (χ3v) is 3.80. The van der Waals surface area contributed by atoms with E-state index in [1.807, 2.05) is 36.7 Å². The van der Waals surface area contributed by atoms with Crippen LogP contribution >= 0.6 is 0 Å². The van der Waals surface area contributed by atoms with Gasteiger partial charge in [-0.25, -0.2) is 0 Å². The standard InChI is InChI=1S/C17H21N3O/c1-13-16(8-17(9-18)20(13)2)11-19-10-14-6-4-5-7-15(14)12-21-3/h4-8,19H,10-12H2,1-3H3. The summed E-state index contributed by atoms with van der Waals surface area (Å²) >= 11 is 0. The molecular formula is C17H21N3O. The molecule has 0 amide bonds. The van der Waals surface area contributed by atoms with E-state index < -0.39 is 0 Å². The SMILES string of the molecule is COCc1ccccc1CNCc1cc(C#N)n(C)c1C. The second kappa shape index (κ2) is 7.07. The lowest BCUT2D eigenvalue weighted by atomic mass is 10.1. The topological polar surface area (TPSA) is 50.0 Å². The van der Waals surface area contributed by atoms with Crippen LogP contribution in [0.15, 0.2) is 30.3 Å². The molecule has 110 valence electrons. The largest absolute Gasteiger partial charge is 0.380 e. The highest BCUT2D eigenvalue weighted by molar-refractivity contribution is 5.34. The molecule has 0 saturated carbocycles. The number of nitrogens with zero attached hydrogens (tertiary/aromatic N) is 2. The Morgan fingerprint density at radius 1 is 1.19 bits per heavy atom. The highest BCUT2D eigenvalue weighted by atomic mass is 16.5. The number of benzene rings is 1. The van der Waals surface area contributed by atoms with Crippen molar-refractivity contribution in [3.05, 3.63) is 58.4 Å². The first-order valence-corrected chi connectivity index (χ1v) is 6.99. The molecule has 0 spiro atoms. The van der Waals surface area contributed by atoms with Crippen LogP contribution in [0.3, 0.4) is 0 Å². The van der Waals surface area contributed by atoms with E-state index in [4.69, 9.17) is 10.00 Å². The molecule has 0 aliphatic rings. The molecule has 21 heavy (non-hydrogen) atoms. The summed E-state index contributed by atoms with van der Waals surface area (Å²) in [4.78, 5) is 0. The average Bonchev–Trinajstić information content (AvgIpc) is 2.77. The van der Waals surface area contributed by atoms with Gasteiger partial charge in [0.1, 0.15) is 11.8 Å². The van der Waals surface area contributed by atoms with E-state index in [2.05, 4.69) is 23.5 Å². The van der Waals surface area contributed by atoms with Crippen LogP contribution in [0.1, 0.15) is 28.1 Å². The Morgan fingerprint density at radius 2 is 1.86 bits per heavy atom. The van der Waals surface area contributed by atoms with E-state index in [-0.39, 0.29) is 0 Å². The normalized spacial score (nSPS) is 10.6. The summed E-state index contributed by atoms with van der Waals surface area (Å²) < 4.78 is 7.15. The van der Waals surface area contributed by atoms with Gasteiger partial charge in [-0.05, 0) is 29.7 Å². The molecule has 4 heteroatoms. The van der Waals surface area contributed by atoms with E-state index in [0.29, 0.717) is 12.3 Å². The van der Waals surface area contributed by atoms with Gasteiger partial charge in [-0.2, -0.15) is 5.26 Å². The molecule has 1 N–H and O–H groups in total. The van der Waals surface area contributed by atoms with Gasteiger partial charge >= 0.3 is 0 Å². The fourth-order valence-corrected chi connectivity index (χ4v) is 2.41. The molecule has 0 fully saturated rings. The van der Waals surface area contributed by atoms with Crippen molar-refractivity contribution in [3.8, 4) is 6.07 Å². The smallest absolute Gasteiger partial charge is 0.120 e. The average molecular weight is 283 g/mol. The number of ether oxygens (including phenoxy) is 1. The molecule has 0 atom stereocenters. The molecule has 1 aromatic heterocycles. The monoisotopic (exact) mass is 283 g/mol. The van der Waals surface area contributed by atoms with Gasteiger partial charge in [0.25, 0.3) is 0 Å². The van der Waals surface area contributed by atoms with Crippen molar-refractivity contribution in [2.75, 3.05) is 7.11 Å². The first-order valence-electron chi connectivity index (χ1n) is 6.99. The molecule has 0 unspecified atom stereocenters. The highest BCUT2D eigenvalue weighted by Crippen LogP contribution is 2.14. The van der Waals surface area contributed by atoms with Crippen molar-refractivity contribution in [1.82, 2.24) is 9.88 Å². The number of hydrogen-bond acceptors (Lipinski definition) is 3. The molecule has 2 rings (SSSR count). The summed E-state index contributed by atoms with van der Waals surface area (Å²) in [5, 5.41) is 12.5. The predicted molar refractivity (Wildman–Crippen MR) is 82.6 cm³/mol. The number of hydrogen-bond donors (Lipinski definition) is 1. The van der Waals surface area contributed by atoms with Gasteiger partial charge in [0.15, 0.2) is 0 Å². The lowest BCUT2D eigenvalue weighted by Gasteiger charge is -2.10. The molecule has 0 saturated heterocycles. The van der Waals surface area contributed by atoms with Gasteiger partial charge < -0.3 is 14.6 Å². The Balaban J connectivity index is 2.01. The number of nitriles is 1. The highest BCUT2D eigenvalue weighted by Gasteiger charge is 2.08. The van der Waals surface area contributed by atoms with Gasteiger partial charge in [-0.1, -0.05) is 24.3 Å². The van der Waals surface area contributed by atoms with Crippen molar-refractivity contribution in [2.24, 2.45) is 7.05 Å². The minimum absolute atomic E-state index is 0.626. The number of nitrogens with one attached hydrogen (secondary N) is 1. The van der Waals surface area contributed by atoms with Gasteiger partial charge in [-0.15, -0.1) is 0 Å². The van der Waals surface area contributed by atoms with Crippen molar-refractivity contribution >= 4 is 0 Å². The van der Waals surface area contributed by atoms with Crippen molar-refractivity contribution in [2.45, 2.75) is 26.6 Å². The summed E-state index contributed by atoms with van der Waals surface area (Å²) in [6, 6.07) is 12.4. The zero-order valence-corrected chi connectivity index (χ0v) is 12.8. The van der Waals surface area contributed by atoms with Crippen LogP contribution in [0.5, 0.6) is 0 Å². The van der Waals surface area contributed by atoms with E-state index in [9.17, 15) is 0 Å². The molecule has 0 bridgehead atoms. The number of methoxy groups -OCH3 is 1. The Labute approximate surface area is 126 Å². The molecule has 4 nitrogen and oxygen atoms in total. The molecule has 1 heterocycles. The first-order chi connectivity index (χ1) is 10.2. The van der Waals surface area contributed by atoms with Crippen molar-refractivity contribution in [1.29, 1.82) is 5.26 Å². The molecular weight excluding hydrogens is 262 g/mol.